The van der Waals surface area contributed by atoms with E-state index in [1.54, 1.807) is 46.6 Å². The monoisotopic (exact) mass is 1220 g/mol. The number of nitrogens with zero attached hydrogens (tertiary/aromatic N) is 5. The van der Waals surface area contributed by atoms with Gasteiger partial charge in [-0.05, 0) is 109 Å². The third-order valence-corrected chi connectivity index (χ3v) is 18.6. The van der Waals surface area contributed by atoms with Crippen molar-refractivity contribution in [1.29, 1.82) is 0 Å². The van der Waals surface area contributed by atoms with Gasteiger partial charge in [-0.1, -0.05) is 167 Å². The molecule has 2 fully saturated rings. The van der Waals surface area contributed by atoms with Crippen LogP contribution in [0.25, 0.3) is 21.9 Å². The largest absolute Gasteiger partial charge is 0.450 e. The van der Waals surface area contributed by atoms with E-state index in [2.05, 4.69) is 17.4 Å². The smallest absolute Gasteiger partial charge is 0.332 e. The predicted molar refractivity (Wildman–Crippen MR) is 347 cm³/mol. The number of carbonyl (C=O) groups is 9. The fourth-order valence-corrected chi connectivity index (χ4v) is 13.3. The quantitative estimate of drug-likeness (QED) is 0.114. The highest BCUT2D eigenvalue weighted by molar-refractivity contribution is 5.99. The molecule has 2 heterocycles. The van der Waals surface area contributed by atoms with Gasteiger partial charge < -0.3 is 39.7 Å². The molecule has 6 amide bonds. The molecule has 17 heteroatoms. The molecule has 0 bridgehead atoms. The Morgan fingerprint density at radius 1 is 0.584 bits per heavy atom. The molecular formula is C72H100N6O11. The maximum Gasteiger partial charge on any atom is 0.332 e. The second-order valence-corrected chi connectivity index (χ2v) is 27.1. The number of esters is 1. The highest BCUT2D eigenvalue weighted by atomic mass is 16.6. The molecule has 2 aliphatic rings. The average molecular weight is 1230 g/mol. The van der Waals surface area contributed by atoms with Crippen molar-refractivity contribution in [1.82, 2.24) is 29.8 Å². The van der Waals surface area contributed by atoms with Gasteiger partial charge in [-0.25, -0.2) is 4.79 Å². The number of ether oxygens (including phenoxy) is 1. The molecule has 0 unspecified atom stereocenters. The average Bonchev–Trinajstić information content (AvgIpc) is 2.39. The van der Waals surface area contributed by atoms with E-state index in [-0.39, 0.29) is 56.3 Å². The van der Waals surface area contributed by atoms with Crippen LogP contribution in [0.1, 0.15) is 139 Å². The summed E-state index contributed by atoms with van der Waals surface area (Å²) in [6.45, 7) is 21.1. The molecule has 484 valence electrons. The number of benzene rings is 4. The Bertz CT molecular complexity index is 3160. The summed E-state index contributed by atoms with van der Waals surface area (Å²) in [6.07, 6.45) is -0.226. The van der Waals surface area contributed by atoms with E-state index in [0.29, 0.717) is 25.7 Å². The summed E-state index contributed by atoms with van der Waals surface area (Å²) in [5.74, 6) is -9.58. The Balaban J connectivity index is 1.52. The zero-order valence-corrected chi connectivity index (χ0v) is 55.7. The lowest BCUT2D eigenvalue weighted by atomic mass is 9.84. The number of amides is 6. The molecule has 0 radical (unpaired) electrons. The van der Waals surface area contributed by atoms with Crippen molar-refractivity contribution in [2.75, 3.05) is 34.7 Å². The van der Waals surface area contributed by atoms with Gasteiger partial charge in [0.25, 0.3) is 5.91 Å². The van der Waals surface area contributed by atoms with Crippen LogP contribution >= 0.6 is 0 Å². The van der Waals surface area contributed by atoms with E-state index in [1.165, 1.54) is 49.7 Å². The van der Waals surface area contributed by atoms with Crippen LogP contribution in [-0.2, 0) is 60.7 Å². The van der Waals surface area contributed by atoms with E-state index in [1.807, 2.05) is 120 Å². The molecule has 2 saturated heterocycles. The van der Waals surface area contributed by atoms with Crippen LogP contribution in [0.2, 0.25) is 0 Å². The van der Waals surface area contributed by atoms with Crippen molar-refractivity contribution in [2.45, 2.75) is 189 Å². The Hall–Kier alpha value is -7.27. The number of fused-ring (bicyclic) bond motifs is 2. The third-order valence-electron chi connectivity index (χ3n) is 18.6. The van der Waals surface area contributed by atoms with Crippen molar-refractivity contribution in [3.8, 4) is 11.1 Å². The zero-order valence-electron chi connectivity index (χ0n) is 55.7. The Kier molecular flexibility index (Phi) is 24.6. The van der Waals surface area contributed by atoms with Gasteiger partial charge in [0.1, 0.15) is 18.1 Å². The molecule has 2 aliphatic heterocycles. The van der Waals surface area contributed by atoms with Gasteiger partial charge in [0, 0.05) is 71.8 Å². The summed E-state index contributed by atoms with van der Waals surface area (Å²) in [6, 6.07) is 23.9. The number of hydrogen-bond donors (Lipinski definition) is 2. The molecular weight excluding hydrogens is 1120 g/mol. The van der Waals surface area contributed by atoms with Crippen LogP contribution in [0.5, 0.6) is 0 Å². The molecule has 0 aromatic heterocycles. The molecule has 11 atom stereocenters. The molecule has 0 spiro atoms. The topological polar surface area (TPSA) is 211 Å². The Labute approximate surface area is 528 Å². The summed E-state index contributed by atoms with van der Waals surface area (Å²) in [4.78, 5) is 143. The molecule has 2 N–H and O–H groups in total. The number of rotatable bonds is 14. The van der Waals surface area contributed by atoms with Gasteiger partial charge in [0.2, 0.25) is 29.5 Å². The fourth-order valence-electron chi connectivity index (χ4n) is 13.3. The lowest BCUT2D eigenvalue weighted by Crippen LogP contribution is -2.62. The van der Waals surface area contributed by atoms with Gasteiger partial charge in [-0.2, -0.15) is 0 Å². The van der Waals surface area contributed by atoms with E-state index in [4.69, 9.17) is 4.74 Å². The zero-order chi connectivity index (χ0) is 65.9. The van der Waals surface area contributed by atoms with Crippen LogP contribution in [0, 0.1) is 41.4 Å². The highest BCUT2D eigenvalue weighted by Gasteiger charge is 2.48. The van der Waals surface area contributed by atoms with Crippen molar-refractivity contribution >= 4 is 63.8 Å². The number of likely N-dealkylation sites (N-methyl/N-ethyl adjacent to an activating group) is 4. The van der Waals surface area contributed by atoms with Gasteiger partial charge in [0.05, 0.1) is 17.7 Å². The van der Waals surface area contributed by atoms with Crippen molar-refractivity contribution < 1.29 is 53.0 Å². The molecule has 89 heavy (non-hydrogen) atoms. The maximum absolute atomic E-state index is 15.8. The van der Waals surface area contributed by atoms with E-state index in [0.717, 1.165) is 37.9 Å². The molecule has 17 nitrogen and oxygen atoms in total. The minimum atomic E-state index is -1.97. The molecule has 0 aliphatic carbocycles. The number of nitrogens with one attached hydrogen (secondary N) is 1. The second kappa shape index (κ2) is 31.0. The second-order valence-electron chi connectivity index (χ2n) is 27.1. The number of Topliss-reactive ketones (excluding diaryl/α,β-unsaturated/α-hetero) is 2. The number of carbonyl (C=O) groups excluding carboxylic acids is 9. The predicted octanol–water partition coefficient (Wildman–Crippen LogP) is 9.37. The number of ketones is 2. The summed E-state index contributed by atoms with van der Waals surface area (Å²) < 4.78 is 6.17. The molecule has 6 rings (SSSR count). The molecule has 0 saturated carbocycles. The standard InChI is InChI=1S/C72H100N6O11/c1-17-46(9)55-42-59(79)57-32-25-35-78(57)69(85)58(39-49-28-24-31-51(38-49)53-34-33-50-29-22-23-30-52(50)40-53)74(13)66(82)54(37-48-26-20-19-21-27-48)41-60(80)61(44(5)6)75(14)70(86)63(47(10)18-2)89-71(87)64(72(11,12)88)77(16)68(84)56(36-43(3)4)73-65(81)62(45(7)8)76(15)67(55)83/h19-24,26-31,33-34,38,40,43-47,54-58,61-64,88H,17-18,25,32,35-37,39,41-42H2,1-16H3,(H,73,81)/t46-,47-,54+,55-,56-,57-,58-,61-,62-,63+,64+/m0/s1. The highest BCUT2D eigenvalue weighted by Crippen LogP contribution is 2.33. The molecule has 4 aromatic carbocycles. The van der Waals surface area contributed by atoms with Crippen LogP contribution in [0.15, 0.2) is 97.1 Å². The first-order valence-corrected chi connectivity index (χ1v) is 32.2. The summed E-state index contributed by atoms with van der Waals surface area (Å²) in [5, 5.41) is 16.8. The number of cyclic esters (lactones) is 1. The molecule has 4 aromatic rings. The van der Waals surface area contributed by atoms with E-state index in [9.17, 15) is 19.5 Å². The van der Waals surface area contributed by atoms with Crippen LogP contribution in [0.3, 0.4) is 0 Å². The van der Waals surface area contributed by atoms with Gasteiger partial charge in [0.15, 0.2) is 23.7 Å². The summed E-state index contributed by atoms with van der Waals surface area (Å²) in [5.41, 5.74) is 1.37. The van der Waals surface area contributed by atoms with Crippen LogP contribution in [0.4, 0.5) is 0 Å². The Morgan fingerprint density at radius 3 is 1.79 bits per heavy atom. The SMILES string of the molecule is CC[C@H](C)[C@@H]1CC(=O)[C@@H]2CCCN2C(=O)[C@H](Cc2cccc(-c3ccc4ccccc4c3)c2)N(C)C(=O)[C@H](Cc2ccccc2)CC(=O)[C@H](C(C)C)N(C)C(=O)[C@@H]([C@@H](C)CC)OC(=O)[C@H](C(C)(C)O)N(C)C(=O)[C@H](CC(C)C)NC(=O)[C@H](C(C)C)N(C)C1=O. The van der Waals surface area contributed by atoms with Crippen molar-refractivity contribution in [3.63, 3.8) is 0 Å². The van der Waals surface area contributed by atoms with Crippen LogP contribution in [-0.4, -0.2) is 165 Å². The fraction of sp³-hybridized carbons (Fsp3) is 0.569. The van der Waals surface area contributed by atoms with Crippen molar-refractivity contribution in [3.05, 3.63) is 108 Å². The first kappa shape index (κ1) is 70.8. The van der Waals surface area contributed by atoms with Gasteiger partial charge >= 0.3 is 5.97 Å². The first-order valence-electron chi connectivity index (χ1n) is 32.2. The van der Waals surface area contributed by atoms with E-state index >= 15 is 28.8 Å². The number of hydrogen-bond acceptors (Lipinski definition) is 11. The van der Waals surface area contributed by atoms with Gasteiger partial charge in [-0.3, -0.25) is 38.4 Å². The lowest BCUT2D eigenvalue weighted by Gasteiger charge is -2.39. The number of aliphatic hydroxyl groups is 1. The maximum atomic E-state index is 15.8. The van der Waals surface area contributed by atoms with E-state index < -0.39 is 125 Å². The van der Waals surface area contributed by atoms with Gasteiger partial charge in [-0.15, -0.1) is 0 Å². The summed E-state index contributed by atoms with van der Waals surface area (Å²) >= 11 is 0. The van der Waals surface area contributed by atoms with Crippen LogP contribution < -0.4 is 5.32 Å². The first-order chi connectivity index (χ1) is 41.9. The lowest BCUT2D eigenvalue weighted by molar-refractivity contribution is -0.177. The van der Waals surface area contributed by atoms with Crippen molar-refractivity contribution in [2.24, 2.45) is 41.4 Å². The minimum Gasteiger partial charge on any atom is -0.450 e. The minimum absolute atomic E-state index is 0.0403. The summed E-state index contributed by atoms with van der Waals surface area (Å²) in [7, 11) is 5.86. The Morgan fingerprint density at radius 2 is 1.18 bits per heavy atom. The normalized spacial score (nSPS) is 25.1. The third kappa shape index (κ3) is 17.2.